The number of nitrogens with zero attached hydrogens (tertiary/aromatic N) is 2. The van der Waals surface area contributed by atoms with Gasteiger partial charge >= 0.3 is 0 Å². The number of hydrogen-bond donors (Lipinski definition) is 1. The van der Waals surface area contributed by atoms with Gasteiger partial charge in [-0.3, -0.25) is 9.48 Å². The fourth-order valence-corrected chi connectivity index (χ4v) is 2.80. The fraction of sp³-hybridized carbons (Fsp3) is 0.733. The lowest BCUT2D eigenvalue weighted by molar-refractivity contribution is -0.119. The molecule has 19 heavy (non-hydrogen) atoms. The number of rotatable bonds is 6. The van der Waals surface area contributed by atoms with Crippen molar-refractivity contribution in [3.05, 3.63) is 17.5 Å². The summed E-state index contributed by atoms with van der Waals surface area (Å²) in [5, 5.41) is 7.87. The van der Waals surface area contributed by atoms with E-state index in [-0.39, 0.29) is 0 Å². The van der Waals surface area contributed by atoms with Crippen molar-refractivity contribution in [2.24, 2.45) is 5.92 Å². The van der Waals surface area contributed by atoms with E-state index in [1.165, 1.54) is 12.8 Å². The van der Waals surface area contributed by atoms with Crippen LogP contribution in [-0.4, -0.2) is 28.7 Å². The van der Waals surface area contributed by atoms with Crippen molar-refractivity contribution < 1.29 is 4.79 Å². The highest BCUT2D eigenvalue weighted by Gasteiger charge is 2.18. The minimum Gasteiger partial charge on any atom is -0.316 e. The fourth-order valence-electron chi connectivity index (χ4n) is 2.80. The SMILES string of the molecule is CCc1cc(CC(=O)CC2CCCNC2)n(CC)n1. The Morgan fingerprint density at radius 1 is 1.53 bits per heavy atom. The van der Waals surface area contributed by atoms with Crippen molar-refractivity contribution >= 4 is 5.78 Å². The molecule has 2 heterocycles. The number of carbonyl (C=O) groups excluding carboxylic acids is 1. The van der Waals surface area contributed by atoms with Crippen LogP contribution in [0.5, 0.6) is 0 Å². The van der Waals surface area contributed by atoms with Crippen LogP contribution in [0, 0.1) is 5.92 Å². The number of hydrogen-bond acceptors (Lipinski definition) is 3. The third-order valence-corrected chi connectivity index (χ3v) is 3.87. The van der Waals surface area contributed by atoms with Gasteiger partial charge in [-0.2, -0.15) is 5.10 Å². The zero-order chi connectivity index (χ0) is 13.7. The molecule has 0 saturated carbocycles. The van der Waals surface area contributed by atoms with Crippen LogP contribution in [-0.2, 0) is 24.2 Å². The highest BCUT2D eigenvalue weighted by atomic mass is 16.1. The molecule has 106 valence electrons. The molecule has 1 aliphatic heterocycles. The van der Waals surface area contributed by atoms with Crippen molar-refractivity contribution in [1.29, 1.82) is 0 Å². The van der Waals surface area contributed by atoms with Gasteiger partial charge in [-0.05, 0) is 51.3 Å². The Bertz CT molecular complexity index is 419. The number of aromatic nitrogens is 2. The number of piperidine rings is 1. The van der Waals surface area contributed by atoms with Gasteiger partial charge in [0, 0.05) is 25.1 Å². The highest BCUT2D eigenvalue weighted by Crippen LogP contribution is 2.16. The van der Waals surface area contributed by atoms with Crippen LogP contribution in [0.2, 0.25) is 0 Å². The first-order valence-corrected chi connectivity index (χ1v) is 7.51. The Balaban J connectivity index is 1.92. The van der Waals surface area contributed by atoms with E-state index in [4.69, 9.17) is 0 Å². The summed E-state index contributed by atoms with van der Waals surface area (Å²) in [6.07, 6.45) is 4.57. The number of ketones is 1. The van der Waals surface area contributed by atoms with E-state index in [1.54, 1.807) is 0 Å². The first kappa shape index (κ1) is 14.3. The lowest BCUT2D eigenvalue weighted by Gasteiger charge is -2.21. The van der Waals surface area contributed by atoms with Gasteiger partial charge in [0.15, 0.2) is 0 Å². The zero-order valence-corrected chi connectivity index (χ0v) is 12.1. The van der Waals surface area contributed by atoms with E-state index in [1.807, 2.05) is 4.68 Å². The minimum absolute atomic E-state index is 0.353. The minimum atomic E-state index is 0.353. The molecule has 1 fully saturated rings. The average Bonchev–Trinajstić information content (AvgIpc) is 2.82. The Labute approximate surface area is 115 Å². The Morgan fingerprint density at radius 3 is 3.00 bits per heavy atom. The number of carbonyl (C=O) groups is 1. The maximum absolute atomic E-state index is 12.2. The van der Waals surface area contributed by atoms with Gasteiger partial charge < -0.3 is 5.32 Å². The first-order valence-electron chi connectivity index (χ1n) is 7.51. The molecule has 0 spiro atoms. The molecular formula is C15H25N3O. The molecule has 1 aromatic rings. The number of Topliss-reactive ketones (excluding diaryl/α,β-unsaturated/α-hetero) is 1. The summed E-state index contributed by atoms with van der Waals surface area (Å²) in [5.41, 5.74) is 2.16. The van der Waals surface area contributed by atoms with Crippen molar-refractivity contribution in [2.75, 3.05) is 13.1 Å². The third kappa shape index (κ3) is 3.90. The average molecular weight is 263 g/mol. The third-order valence-electron chi connectivity index (χ3n) is 3.87. The summed E-state index contributed by atoms with van der Waals surface area (Å²) in [7, 11) is 0. The Kier molecular flexibility index (Phi) is 5.14. The molecule has 0 bridgehead atoms. The van der Waals surface area contributed by atoms with Gasteiger partial charge in [0.05, 0.1) is 5.69 Å². The van der Waals surface area contributed by atoms with Crippen LogP contribution in [0.15, 0.2) is 6.07 Å². The molecular weight excluding hydrogens is 238 g/mol. The van der Waals surface area contributed by atoms with E-state index < -0.39 is 0 Å². The van der Waals surface area contributed by atoms with E-state index in [0.29, 0.717) is 24.5 Å². The summed E-state index contributed by atoms with van der Waals surface area (Å²) in [6.45, 7) is 7.12. The van der Waals surface area contributed by atoms with E-state index in [2.05, 4.69) is 30.3 Å². The van der Waals surface area contributed by atoms with E-state index in [9.17, 15) is 4.79 Å². The molecule has 1 saturated heterocycles. The van der Waals surface area contributed by atoms with Gasteiger partial charge in [-0.1, -0.05) is 6.92 Å². The van der Waals surface area contributed by atoms with E-state index in [0.717, 1.165) is 37.4 Å². The predicted molar refractivity (Wildman–Crippen MR) is 76.2 cm³/mol. The van der Waals surface area contributed by atoms with Crippen LogP contribution >= 0.6 is 0 Å². The molecule has 1 aliphatic rings. The van der Waals surface area contributed by atoms with Crippen LogP contribution < -0.4 is 5.32 Å². The second-order valence-electron chi connectivity index (χ2n) is 5.43. The highest BCUT2D eigenvalue weighted by molar-refractivity contribution is 5.80. The van der Waals surface area contributed by atoms with Crippen molar-refractivity contribution in [2.45, 2.75) is 52.5 Å². The summed E-state index contributed by atoms with van der Waals surface area (Å²) >= 11 is 0. The Hall–Kier alpha value is -1.16. The molecule has 1 N–H and O–H groups in total. The monoisotopic (exact) mass is 263 g/mol. The van der Waals surface area contributed by atoms with Gasteiger partial charge in [-0.25, -0.2) is 0 Å². The van der Waals surface area contributed by atoms with Gasteiger partial charge in [-0.15, -0.1) is 0 Å². The largest absolute Gasteiger partial charge is 0.316 e. The second kappa shape index (κ2) is 6.85. The van der Waals surface area contributed by atoms with Gasteiger partial charge in [0.2, 0.25) is 0 Å². The maximum atomic E-state index is 12.2. The lowest BCUT2D eigenvalue weighted by atomic mass is 9.93. The van der Waals surface area contributed by atoms with Crippen molar-refractivity contribution in [3.63, 3.8) is 0 Å². The van der Waals surface area contributed by atoms with Crippen LogP contribution in [0.25, 0.3) is 0 Å². The molecule has 0 aliphatic carbocycles. The molecule has 1 unspecified atom stereocenters. The molecule has 0 radical (unpaired) electrons. The predicted octanol–water partition coefficient (Wildman–Crippen LogP) is 1.97. The smallest absolute Gasteiger partial charge is 0.139 e. The topological polar surface area (TPSA) is 46.9 Å². The van der Waals surface area contributed by atoms with Crippen molar-refractivity contribution in [1.82, 2.24) is 15.1 Å². The molecule has 0 amide bonds. The normalized spacial score (nSPS) is 19.6. The van der Waals surface area contributed by atoms with E-state index >= 15 is 0 Å². The Morgan fingerprint density at radius 2 is 2.37 bits per heavy atom. The lowest BCUT2D eigenvalue weighted by Crippen LogP contribution is -2.31. The molecule has 4 heteroatoms. The maximum Gasteiger partial charge on any atom is 0.139 e. The van der Waals surface area contributed by atoms with Crippen LogP contribution in [0.4, 0.5) is 0 Å². The second-order valence-corrected chi connectivity index (χ2v) is 5.43. The van der Waals surface area contributed by atoms with Gasteiger partial charge in [0.1, 0.15) is 5.78 Å². The number of aryl methyl sites for hydroxylation is 2. The molecule has 1 aromatic heterocycles. The van der Waals surface area contributed by atoms with Crippen molar-refractivity contribution in [3.8, 4) is 0 Å². The standard InChI is InChI=1S/C15H25N3O/c1-3-13-9-14(18(4-2)17-13)10-15(19)8-12-6-5-7-16-11-12/h9,12,16H,3-8,10-11H2,1-2H3. The summed E-state index contributed by atoms with van der Waals surface area (Å²) < 4.78 is 1.97. The van der Waals surface area contributed by atoms with Crippen LogP contribution in [0.3, 0.4) is 0 Å². The first-order chi connectivity index (χ1) is 9.22. The summed E-state index contributed by atoms with van der Waals surface area (Å²) in [6, 6.07) is 2.08. The molecule has 1 atom stereocenters. The summed E-state index contributed by atoms with van der Waals surface area (Å²) in [5.74, 6) is 0.885. The molecule has 0 aromatic carbocycles. The quantitative estimate of drug-likeness (QED) is 0.853. The number of nitrogens with one attached hydrogen (secondary N) is 1. The van der Waals surface area contributed by atoms with Crippen LogP contribution in [0.1, 0.15) is 44.5 Å². The zero-order valence-electron chi connectivity index (χ0n) is 12.1. The molecule has 4 nitrogen and oxygen atoms in total. The molecule has 2 rings (SSSR count). The van der Waals surface area contributed by atoms with Gasteiger partial charge in [0.25, 0.3) is 0 Å². The summed E-state index contributed by atoms with van der Waals surface area (Å²) in [4.78, 5) is 12.2.